The Bertz CT molecular complexity index is 772. The van der Waals surface area contributed by atoms with Gasteiger partial charge >= 0.3 is 0 Å². The topological polar surface area (TPSA) is 36.3 Å². The van der Waals surface area contributed by atoms with E-state index >= 15 is 0 Å². The molecule has 0 saturated carbocycles. The number of methoxy groups -OCH3 is 1. The van der Waals surface area contributed by atoms with E-state index in [1.54, 1.807) is 7.11 Å². The Labute approximate surface area is 148 Å². The molecule has 0 N–H and O–H groups in total. The van der Waals surface area contributed by atoms with Gasteiger partial charge in [0.15, 0.2) is 0 Å². The number of nitriles is 1. The summed E-state index contributed by atoms with van der Waals surface area (Å²) in [6.07, 6.45) is 3.61. The Hall–Kier alpha value is -2.18. The van der Waals surface area contributed by atoms with Crippen molar-refractivity contribution in [3.8, 4) is 22.9 Å². The summed E-state index contributed by atoms with van der Waals surface area (Å²) in [5.74, 6) is 0.759. The summed E-state index contributed by atoms with van der Waals surface area (Å²) in [7, 11) is 1.66. The predicted molar refractivity (Wildman–Crippen MR) is 99.0 cm³/mol. The maximum absolute atomic E-state index is 9.70. The smallest absolute Gasteiger partial charge is 0.131 e. The van der Waals surface area contributed by atoms with E-state index in [-0.39, 0.29) is 0 Å². The van der Waals surface area contributed by atoms with Crippen molar-refractivity contribution in [3.05, 3.63) is 46.5 Å². The minimum atomic E-state index is 0.708. The molecule has 0 amide bonds. The highest BCUT2D eigenvalue weighted by atomic mass is 35.5. The molecule has 0 spiro atoms. The molecule has 124 valence electrons. The van der Waals surface area contributed by atoms with E-state index in [2.05, 4.69) is 17.0 Å². The number of benzene rings is 2. The maximum atomic E-state index is 9.70. The molecule has 0 radical (unpaired) electrons. The maximum Gasteiger partial charge on any atom is 0.131 e. The molecule has 2 aromatic carbocycles. The van der Waals surface area contributed by atoms with Crippen molar-refractivity contribution in [2.24, 2.45) is 0 Å². The third-order valence-electron chi connectivity index (χ3n) is 4.67. The number of hydrogen-bond donors (Lipinski definition) is 0. The molecular weight excluding hydrogens is 320 g/mol. The van der Waals surface area contributed by atoms with E-state index < -0.39 is 0 Å². The minimum absolute atomic E-state index is 0.708. The van der Waals surface area contributed by atoms with Crippen LogP contribution in [-0.2, 0) is 0 Å². The van der Waals surface area contributed by atoms with Crippen molar-refractivity contribution in [2.75, 3.05) is 25.1 Å². The van der Waals surface area contributed by atoms with Crippen molar-refractivity contribution in [3.63, 3.8) is 0 Å². The Morgan fingerprint density at radius 3 is 2.38 bits per heavy atom. The van der Waals surface area contributed by atoms with Crippen LogP contribution in [0.1, 0.15) is 30.4 Å². The fourth-order valence-electron chi connectivity index (χ4n) is 3.41. The average molecular weight is 341 g/mol. The Kier molecular flexibility index (Phi) is 4.97. The van der Waals surface area contributed by atoms with E-state index in [0.29, 0.717) is 10.6 Å². The van der Waals surface area contributed by atoms with Gasteiger partial charge < -0.3 is 9.64 Å². The summed E-state index contributed by atoms with van der Waals surface area (Å²) < 4.78 is 5.64. The molecule has 0 atom stereocenters. The van der Waals surface area contributed by atoms with Crippen LogP contribution in [0.4, 0.5) is 5.69 Å². The molecule has 0 unspecified atom stereocenters. The van der Waals surface area contributed by atoms with E-state index in [0.717, 1.165) is 41.2 Å². The van der Waals surface area contributed by atoms with Crippen LogP contribution in [0, 0.1) is 18.3 Å². The van der Waals surface area contributed by atoms with Crippen LogP contribution < -0.4 is 9.64 Å². The van der Waals surface area contributed by atoms with Gasteiger partial charge in [0.05, 0.1) is 18.4 Å². The van der Waals surface area contributed by atoms with Crippen molar-refractivity contribution in [1.82, 2.24) is 0 Å². The van der Waals surface area contributed by atoms with E-state index in [1.165, 1.54) is 19.3 Å². The summed E-state index contributed by atoms with van der Waals surface area (Å²) in [4.78, 5) is 2.33. The van der Waals surface area contributed by atoms with Crippen LogP contribution >= 0.6 is 11.6 Å². The van der Waals surface area contributed by atoms with Gasteiger partial charge in [-0.15, -0.1) is 0 Å². The lowest BCUT2D eigenvalue weighted by atomic mass is 9.95. The zero-order chi connectivity index (χ0) is 17.1. The fraction of sp³-hybridized carbons (Fsp3) is 0.350. The highest BCUT2D eigenvalue weighted by molar-refractivity contribution is 6.30. The third-order valence-corrected chi connectivity index (χ3v) is 4.92. The monoisotopic (exact) mass is 340 g/mol. The number of anilines is 1. The third kappa shape index (κ3) is 3.07. The zero-order valence-corrected chi connectivity index (χ0v) is 14.9. The van der Waals surface area contributed by atoms with E-state index in [1.807, 2.05) is 31.2 Å². The first-order valence-electron chi connectivity index (χ1n) is 8.28. The van der Waals surface area contributed by atoms with Gasteiger partial charge in [-0.1, -0.05) is 23.7 Å². The number of rotatable bonds is 3. The van der Waals surface area contributed by atoms with Gasteiger partial charge in [0.2, 0.25) is 0 Å². The molecule has 1 fully saturated rings. The quantitative estimate of drug-likeness (QED) is 0.771. The van der Waals surface area contributed by atoms with Crippen molar-refractivity contribution in [2.45, 2.75) is 26.2 Å². The number of nitrogens with zero attached hydrogens (tertiary/aromatic N) is 2. The van der Waals surface area contributed by atoms with Crippen molar-refractivity contribution >= 4 is 17.3 Å². The minimum Gasteiger partial charge on any atom is -0.496 e. The lowest BCUT2D eigenvalue weighted by Gasteiger charge is -2.31. The van der Waals surface area contributed by atoms with Gasteiger partial charge in [0.25, 0.3) is 0 Å². The standard InChI is InChI=1S/C20H21ClN2O/c1-14-18(13-22)19(23-10-4-3-5-11-23)12-17(20(14)24-2)15-6-8-16(21)9-7-15/h6-9,12H,3-5,10-11H2,1-2H3. The molecule has 3 nitrogen and oxygen atoms in total. The van der Waals surface area contributed by atoms with Crippen LogP contribution in [-0.4, -0.2) is 20.2 Å². The highest BCUT2D eigenvalue weighted by Gasteiger charge is 2.21. The molecule has 0 bridgehead atoms. The summed E-state index contributed by atoms with van der Waals surface area (Å²) in [5, 5.41) is 10.4. The average Bonchev–Trinajstić information content (AvgIpc) is 2.62. The predicted octanol–water partition coefficient (Wildman–Crippen LogP) is 5.19. The second kappa shape index (κ2) is 7.15. The van der Waals surface area contributed by atoms with Gasteiger partial charge in [0.1, 0.15) is 11.8 Å². The Balaban J connectivity index is 2.19. The summed E-state index contributed by atoms with van der Waals surface area (Å²) in [5.41, 5.74) is 4.67. The lowest BCUT2D eigenvalue weighted by Crippen LogP contribution is -2.30. The molecule has 24 heavy (non-hydrogen) atoms. The first kappa shape index (κ1) is 16.7. The zero-order valence-electron chi connectivity index (χ0n) is 14.1. The summed E-state index contributed by atoms with van der Waals surface area (Å²) >= 11 is 6.02. The second-order valence-corrected chi connectivity index (χ2v) is 6.58. The molecule has 1 aliphatic heterocycles. The van der Waals surface area contributed by atoms with Crippen LogP contribution in [0.2, 0.25) is 5.02 Å². The van der Waals surface area contributed by atoms with Gasteiger partial charge in [-0.25, -0.2) is 0 Å². The summed E-state index contributed by atoms with van der Waals surface area (Å²) in [6, 6.07) is 12.2. The van der Waals surface area contributed by atoms with Crippen molar-refractivity contribution < 1.29 is 4.74 Å². The molecular formula is C20H21ClN2O. The van der Waals surface area contributed by atoms with E-state index in [9.17, 15) is 5.26 Å². The van der Waals surface area contributed by atoms with Crippen molar-refractivity contribution in [1.29, 1.82) is 5.26 Å². The molecule has 4 heteroatoms. The van der Waals surface area contributed by atoms with Gasteiger partial charge in [-0.3, -0.25) is 0 Å². The molecule has 0 aromatic heterocycles. The Morgan fingerprint density at radius 1 is 1.12 bits per heavy atom. The molecule has 1 saturated heterocycles. The number of hydrogen-bond acceptors (Lipinski definition) is 3. The van der Waals surface area contributed by atoms with Crippen LogP contribution in [0.25, 0.3) is 11.1 Å². The van der Waals surface area contributed by atoms with Gasteiger partial charge in [0, 0.05) is 29.2 Å². The van der Waals surface area contributed by atoms with E-state index in [4.69, 9.17) is 16.3 Å². The fourth-order valence-corrected chi connectivity index (χ4v) is 3.54. The largest absolute Gasteiger partial charge is 0.496 e. The van der Waals surface area contributed by atoms with Crippen LogP contribution in [0.15, 0.2) is 30.3 Å². The summed E-state index contributed by atoms with van der Waals surface area (Å²) in [6.45, 7) is 3.96. The SMILES string of the molecule is COc1c(-c2ccc(Cl)cc2)cc(N2CCCCC2)c(C#N)c1C. The van der Waals surface area contributed by atoms with Crippen LogP contribution in [0.3, 0.4) is 0 Å². The second-order valence-electron chi connectivity index (χ2n) is 6.14. The molecule has 1 aliphatic rings. The normalized spacial score (nSPS) is 14.3. The number of ether oxygens (including phenoxy) is 1. The molecule has 3 rings (SSSR count). The van der Waals surface area contributed by atoms with Crippen LogP contribution in [0.5, 0.6) is 5.75 Å². The number of halogens is 1. The van der Waals surface area contributed by atoms with Gasteiger partial charge in [-0.2, -0.15) is 5.26 Å². The first-order valence-corrected chi connectivity index (χ1v) is 8.66. The molecule has 0 aliphatic carbocycles. The van der Waals surface area contributed by atoms with Gasteiger partial charge in [-0.05, 0) is 49.9 Å². The number of piperidine rings is 1. The molecule has 2 aromatic rings. The highest BCUT2D eigenvalue weighted by Crippen LogP contribution is 2.40. The molecule has 1 heterocycles. The first-order chi connectivity index (χ1) is 11.7. The Morgan fingerprint density at radius 2 is 1.79 bits per heavy atom. The lowest BCUT2D eigenvalue weighted by molar-refractivity contribution is 0.413.